The molecule has 4 N–H and O–H groups in total. The van der Waals surface area contributed by atoms with Crippen LogP contribution < -0.4 is 11.3 Å². The molecule has 8 heteroatoms. The lowest BCUT2D eigenvalue weighted by Gasteiger charge is -2.27. The van der Waals surface area contributed by atoms with E-state index in [1.807, 2.05) is 0 Å². The molecule has 1 aromatic carbocycles. The molecule has 7 nitrogen and oxygen atoms in total. The van der Waals surface area contributed by atoms with Crippen molar-refractivity contribution in [3.05, 3.63) is 35.5 Å². The number of hydrogen-bond donors (Lipinski definition) is 3. The van der Waals surface area contributed by atoms with Crippen molar-refractivity contribution in [2.45, 2.75) is 4.90 Å². The van der Waals surface area contributed by atoms with Crippen LogP contribution in [0.1, 0.15) is 5.56 Å². The molecule has 0 aromatic heterocycles. The molecule has 0 bridgehead atoms. The number of nitrogens with one attached hydrogen (secondary N) is 1. The van der Waals surface area contributed by atoms with Crippen molar-refractivity contribution in [2.75, 3.05) is 7.05 Å². The number of carbonyl (C=O) groups excluding carboxylic acids is 1. The summed E-state index contributed by atoms with van der Waals surface area (Å²) in [6.07, 6.45) is 0. The lowest BCUT2D eigenvalue weighted by atomic mass is 10.1. The smallest absolute Gasteiger partial charge is 0.286 e. The van der Waals surface area contributed by atoms with Gasteiger partial charge in [-0.3, -0.25) is 14.5 Å². The molecular weight excluding hydrogens is 258 g/mol. The quantitative estimate of drug-likeness (QED) is 0.362. The van der Waals surface area contributed by atoms with Crippen molar-refractivity contribution in [3.8, 4) is 0 Å². The molecular formula is C10H11N3O4S. The van der Waals surface area contributed by atoms with E-state index < -0.39 is 27.4 Å². The molecule has 0 spiro atoms. The fraction of sp³-hybridized carbons (Fsp3) is 0.100. The molecule has 1 amide bonds. The number of fused-ring (bicyclic) bond motifs is 1. The van der Waals surface area contributed by atoms with Crippen LogP contribution in [0.3, 0.4) is 0 Å². The summed E-state index contributed by atoms with van der Waals surface area (Å²) in [6.45, 7) is 0. The van der Waals surface area contributed by atoms with Crippen LogP contribution in [0.15, 0.2) is 34.9 Å². The molecule has 18 heavy (non-hydrogen) atoms. The molecule has 1 aromatic rings. The summed E-state index contributed by atoms with van der Waals surface area (Å²) in [4.78, 5) is 11.5. The van der Waals surface area contributed by atoms with Crippen LogP contribution in [-0.2, 0) is 14.8 Å². The Kier molecular flexibility index (Phi) is 2.76. The number of sulfonamides is 1. The highest BCUT2D eigenvalue weighted by molar-refractivity contribution is 7.89. The lowest BCUT2D eigenvalue weighted by molar-refractivity contribution is -0.118. The number of likely N-dealkylation sites (N-methyl/N-ethyl adjacent to an activating group) is 1. The van der Waals surface area contributed by atoms with E-state index in [-0.39, 0.29) is 10.5 Å². The van der Waals surface area contributed by atoms with E-state index >= 15 is 0 Å². The Bertz CT molecular complexity index is 651. The molecule has 1 aliphatic rings. The second-order valence-electron chi connectivity index (χ2n) is 3.64. The van der Waals surface area contributed by atoms with Gasteiger partial charge in [-0.05, 0) is 12.1 Å². The fourth-order valence-electron chi connectivity index (χ4n) is 1.75. The number of hydrogen-bond acceptors (Lipinski definition) is 5. The van der Waals surface area contributed by atoms with Crippen LogP contribution in [0, 0.1) is 0 Å². The summed E-state index contributed by atoms with van der Waals surface area (Å²) in [5, 5.41) is 9.98. The third-order valence-corrected chi connectivity index (χ3v) is 4.48. The molecule has 0 saturated heterocycles. The molecule has 2 rings (SSSR count). The Balaban J connectivity index is 2.81. The largest absolute Gasteiger partial charge is 0.505 e. The summed E-state index contributed by atoms with van der Waals surface area (Å²) in [5.74, 6) is 3.66. The van der Waals surface area contributed by atoms with E-state index in [4.69, 9.17) is 5.84 Å². The second kappa shape index (κ2) is 4.00. The molecule has 0 fully saturated rings. The minimum Gasteiger partial charge on any atom is -0.505 e. The predicted molar refractivity (Wildman–Crippen MR) is 63.3 cm³/mol. The van der Waals surface area contributed by atoms with Gasteiger partial charge in [0.1, 0.15) is 0 Å². The molecule has 96 valence electrons. The molecule has 1 heterocycles. The van der Waals surface area contributed by atoms with E-state index in [0.717, 1.165) is 0 Å². The topological polar surface area (TPSA) is 113 Å². The normalized spacial score (nSPS) is 17.3. The van der Waals surface area contributed by atoms with Crippen LogP contribution in [0.25, 0.3) is 5.76 Å². The Morgan fingerprint density at radius 2 is 2.00 bits per heavy atom. The number of benzene rings is 1. The van der Waals surface area contributed by atoms with Crippen LogP contribution in [-0.4, -0.2) is 30.8 Å². The number of carbonyl (C=O) groups is 1. The number of nitrogens with zero attached hydrogens (tertiary/aromatic N) is 1. The number of aliphatic hydroxyl groups is 1. The standard InChI is InChI=1S/C10H11N3O4S/c1-13-8(10(15)12-11)9(14)6-4-2-3-5-7(6)18(13,16)17/h2-5,14H,11H2,1H3,(H,12,15). The first-order valence-electron chi connectivity index (χ1n) is 4.93. The summed E-state index contributed by atoms with van der Waals surface area (Å²) in [5.41, 5.74) is 1.47. The SMILES string of the molecule is CN1C(C(=O)NN)=C(O)c2ccccc2S1(=O)=O. The van der Waals surface area contributed by atoms with Gasteiger partial charge in [0.15, 0.2) is 11.5 Å². The summed E-state index contributed by atoms with van der Waals surface area (Å²) in [7, 11) is -2.69. The van der Waals surface area contributed by atoms with Gasteiger partial charge in [-0.15, -0.1) is 0 Å². The van der Waals surface area contributed by atoms with Crippen LogP contribution >= 0.6 is 0 Å². The minimum absolute atomic E-state index is 0.0569. The van der Waals surface area contributed by atoms with Crippen molar-refractivity contribution >= 4 is 21.7 Å². The van der Waals surface area contributed by atoms with E-state index in [0.29, 0.717) is 4.31 Å². The average molecular weight is 269 g/mol. The molecule has 0 saturated carbocycles. The highest BCUT2D eigenvalue weighted by Crippen LogP contribution is 2.33. The minimum atomic E-state index is -3.86. The van der Waals surface area contributed by atoms with Crippen LogP contribution in [0.4, 0.5) is 0 Å². The molecule has 0 unspecified atom stereocenters. The Morgan fingerprint density at radius 1 is 1.39 bits per heavy atom. The van der Waals surface area contributed by atoms with Crippen LogP contribution in [0.5, 0.6) is 0 Å². The van der Waals surface area contributed by atoms with Crippen molar-refractivity contribution in [3.63, 3.8) is 0 Å². The van der Waals surface area contributed by atoms with Gasteiger partial charge in [-0.1, -0.05) is 12.1 Å². The highest BCUT2D eigenvalue weighted by Gasteiger charge is 2.37. The zero-order valence-electron chi connectivity index (χ0n) is 9.41. The molecule has 0 aliphatic carbocycles. The zero-order chi connectivity index (χ0) is 13.5. The third kappa shape index (κ3) is 1.54. The summed E-state index contributed by atoms with van der Waals surface area (Å²) >= 11 is 0. The van der Waals surface area contributed by atoms with E-state index in [9.17, 15) is 18.3 Å². The summed E-state index contributed by atoms with van der Waals surface area (Å²) in [6, 6.07) is 5.87. The van der Waals surface area contributed by atoms with Gasteiger partial charge in [0.25, 0.3) is 15.9 Å². The van der Waals surface area contributed by atoms with Gasteiger partial charge in [0, 0.05) is 12.6 Å². The monoisotopic (exact) mass is 269 g/mol. The van der Waals surface area contributed by atoms with Gasteiger partial charge in [0.2, 0.25) is 0 Å². The van der Waals surface area contributed by atoms with E-state index in [1.165, 1.54) is 25.2 Å². The first-order valence-corrected chi connectivity index (χ1v) is 6.37. The predicted octanol–water partition coefficient (Wildman–Crippen LogP) is -0.463. The summed E-state index contributed by atoms with van der Waals surface area (Å²) < 4.78 is 25.0. The number of nitrogens with two attached hydrogens (primary N) is 1. The van der Waals surface area contributed by atoms with Crippen molar-refractivity contribution < 1.29 is 18.3 Å². The number of aliphatic hydroxyl groups excluding tert-OH is 1. The van der Waals surface area contributed by atoms with Gasteiger partial charge >= 0.3 is 0 Å². The highest BCUT2D eigenvalue weighted by atomic mass is 32.2. The zero-order valence-corrected chi connectivity index (χ0v) is 10.2. The van der Waals surface area contributed by atoms with Crippen LogP contribution in [0.2, 0.25) is 0 Å². The number of hydrazine groups is 1. The van der Waals surface area contributed by atoms with E-state index in [2.05, 4.69) is 0 Å². The number of rotatable bonds is 1. The maximum atomic E-state index is 12.1. The van der Waals surface area contributed by atoms with Crippen molar-refractivity contribution in [2.24, 2.45) is 5.84 Å². The third-order valence-electron chi connectivity index (χ3n) is 2.67. The molecule has 1 aliphatic heterocycles. The second-order valence-corrected chi connectivity index (χ2v) is 5.58. The average Bonchev–Trinajstić information content (AvgIpc) is 2.37. The van der Waals surface area contributed by atoms with Gasteiger partial charge in [-0.2, -0.15) is 0 Å². The fourth-order valence-corrected chi connectivity index (χ4v) is 3.15. The maximum Gasteiger partial charge on any atom is 0.286 e. The first kappa shape index (κ1) is 12.4. The Labute approximate surface area is 104 Å². The first-order chi connectivity index (χ1) is 8.41. The van der Waals surface area contributed by atoms with Gasteiger partial charge in [0.05, 0.1) is 4.90 Å². The van der Waals surface area contributed by atoms with Gasteiger partial charge < -0.3 is 5.11 Å². The maximum absolute atomic E-state index is 12.1. The lowest BCUT2D eigenvalue weighted by Crippen LogP contribution is -2.42. The van der Waals surface area contributed by atoms with E-state index in [1.54, 1.807) is 11.5 Å². The Morgan fingerprint density at radius 3 is 2.61 bits per heavy atom. The van der Waals surface area contributed by atoms with Gasteiger partial charge in [-0.25, -0.2) is 14.3 Å². The van der Waals surface area contributed by atoms with Crippen molar-refractivity contribution in [1.82, 2.24) is 9.73 Å². The van der Waals surface area contributed by atoms with Crippen molar-refractivity contribution in [1.29, 1.82) is 0 Å². The Hall–Kier alpha value is -2.06. The molecule has 0 atom stereocenters. The molecule has 0 radical (unpaired) electrons. The number of amides is 1.